The van der Waals surface area contributed by atoms with E-state index in [1.165, 1.54) is 25.7 Å². The average molecular weight is 210 g/mol. The molecule has 1 aliphatic carbocycles. The molecule has 0 spiro atoms. The summed E-state index contributed by atoms with van der Waals surface area (Å²) in [6, 6.07) is 0. The normalized spacial score (nSPS) is 27.7. The molecule has 0 bridgehead atoms. The molecule has 15 heavy (non-hydrogen) atoms. The van der Waals surface area contributed by atoms with Crippen molar-refractivity contribution in [2.75, 3.05) is 0 Å². The van der Waals surface area contributed by atoms with Gasteiger partial charge in [0.15, 0.2) is 0 Å². The number of hydrogen-bond acceptors (Lipinski definition) is 1. The van der Waals surface area contributed by atoms with E-state index in [4.69, 9.17) is 0 Å². The molecule has 0 atom stereocenters. The van der Waals surface area contributed by atoms with Crippen molar-refractivity contribution in [3.05, 3.63) is 0 Å². The molecule has 0 unspecified atom stereocenters. The van der Waals surface area contributed by atoms with E-state index >= 15 is 0 Å². The molecule has 88 valence electrons. The quantitative estimate of drug-likeness (QED) is 0.682. The lowest BCUT2D eigenvalue weighted by atomic mass is 9.73. The van der Waals surface area contributed by atoms with Gasteiger partial charge in [0.05, 0.1) is 0 Å². The van der Waals surface area contributed by atoms with Crippen LogP contribution in [0.25, 0.3) is 0 Å². The fourth-order valence-corrected chi connectivity index (χ4v) is 2.73. The third kappa shape index (κ3) is 3.62. The summed E-state index contributed by atoms with van der Waals surface area (Å²) in [5.74, 6) is 1.74. The van der Waals surface area contributed by atoms with E-state index in [0.29, 0.717) is 11.7 Å². The molecule has 0 amide bonds. The molecule has 1 saturated carbocycles. The van der Waals surface area contributed by atoms with E-state index < -0.39 is 0 Å². The van der Waals surface area contributed by atoms with Gasteiger partial charge < -0.3 is 0 Å². The second-order valence-electron chi connectivity index (χ2n) is 6.12. The Morgan fingerprint density at radius 2 is 1.67 bits per heavy atom. The number of rotatable bonds is 3. The number of carbonyl (C=O) groups is 1. The SMILES string of the molecule is CCCC1CCC(C(=O)C(C)(C)C)CC1. The molecule has 0 aromatic rings. The van der Waals surface area contributed by atoms with Gasteiger partial charge in [-0.25, -0.2) is 0 Å². The van der Waals surface area contributed by atoms with Crippen LogP contribution in [0.5, 0.6) is 0 Å². The third-order valence-corrected chi connectivity index (χ3v) is 3.65. The summed E-state index contributed by atoms with van der Waals surface area (Å²) in [5, 5.41) is 0. The van der Waals surface area contributed by atoms with Crippen molar-refractivity contribution in [3.8, 4) is 0 Å². The number of Topliss-reactive ketones (excluding diaryl/α,β-unsaturated/α-hetero) is 1. The minimum absolute atomic E-state index is 0.137. The Labute approximate surface area is 94.6 Å². The van der Waals surface area contributed by atoms with Gasteiger partial charge >= 0.3 is 0 Å². The summed E-state index contributed by atoms with van der Waals surface area (Å²) in [4.78, 5) is 12.1. The summed E-state index contributed by atoms with van der Waals surface area (Å²) in [6.07, 6.45) is 7.49. The maximum Gasteiger partial charge on any atom is 0.141 e. The van der Waals surface area contributed by atoms with Crippen LogP contribution in [0.4, 0.5) is 0 Å². The fourth-order valence-electron chi connectivity index (χ4n) is 2.73. The average Bonchev–Trinajstić information content (AvgIpc) is 2.17. The minimum Gasteiger partial charge on any atom is -0.299 e. The maximum atomic E-state index is 12.1. The predicted molar refractivity (Wildman–Crippen MR) is 64.8 cm³/mol. The molecule has 1 fully saturated rings. The van der Waals surface area contributed by atoms with E-state index in [2.05, 4.69) is 6.92 Å². The van der Waals surface area contributed by atoms with Gasteiger partial charge in [0.1, 0.15) is 5.78 Å². The van der Waals surface area contributed by atoms with Crippen LogP contribution in [0.2, 0.25) is 0 Å². The summed E-state index contributed by atoms with van der Waals surface area (Å²) in [7, 11) is 0. The van der Waals surface area contributed by atoms with Gasteiger partial charge in [-0.1, -0.05) is 40.5 Å². The fraction of sp³-hybridized carbons (Fsp3) is 0.929. The molecular weight excluding hydrogens is 184 g/mol. The molecule has 0 N–H and O–H groups in total. The number of hydrogen-bond donors (Lipinski definition) is 0. The summed E-state index contributed by atoms with van der Waals surface area (Å²) in [5.41, 5.74) is -0.137. The molecule has 0 radical (unpaired) electrons. The first-order chi connectivity index (χ1) is 6.95. The van der Waals surface area contributed by atoms with Gasteiger partial charge in [-0.2, -0.15) is 0 Å². The highest BCUT2D eigenvalue weighted by Crippen LogP contribution is 2.35. The zero-order valence-corrected chi connectivity index (χ0v) is 10.8. The lowest BCUT2D eigenvalue weighted by Gasteiger charge is -2.31. The van der Waals surface area contributed by atoms with Crippen molar-refractivity contribution in [1.29, 1.82) is 0 Å². The summed E-state index contributed by atoms with van der Waals surface area (Å²) < 4.78 is 0. The van der Waals surface area contributed by atoms with Crippen molar-refractivity contribution in [3.63, 3.8) is 0 Å². The monoisotopic (exact) mass is 210 g/mol. The summed E-state index contributed by atoms with van der Waals surface area (Å²) in [6.45, 7) is 8.40. The topological polar surface area (TPSA) is 17.1 Å². The molecule has 0 aromatic heterocycles. The van der Waals surface area contributed by atoms with E-state index in [-0.39, 0.29) is 5.41 Å². The molecule has 0 saturated heterocycles. The molecular formula is C14H26O. The van der Waals surface area contributed by atoms with Crippen molar-refractivity contribution in [2.24, 2.45) is 17.3 Å². The van der Waals surface area contributed by atoms with Crippen LogP contribution in [-0.4, -0.2) is 5.78 Å². The summed E-state index contributed by atoms with van der Waals surface area (Å²) >= 11 is 0. The van der Waals surface area contributed by atoms with Gasteiger partial charge in [-0.3, -0.25) is 4.79 Å². The molecule has 1 nitrogen and oxygen atoms in total. The highest BCUT2D eigenvalue weighted by Gasteiger charge is 2.32. The Morgan fingerprint density at radius 1 is 1.13 bits per heavy atom. The highest BCUT2D eigenvalue weighted by atomic mass is 16.1. The van der Waals surface area contributed by atoms with Gasteiger partial charge in [0.2, 0.25) is 0 Å². The highest BCUT2D eigenvalue weighted by molar-refractivity contribution is 5.85. The van der Waals surface area contributed by atoms with Crippen LogP contribution in [0.15, 0.2) is 0 Å². The van der Waals surface area contributed by atoms with Gasteiger partial charge in [0, 0.05) is 11.3 Å². The second kappa shape index (κ2) is 5.14. The predicted octanol–water partition coefficient (Wildman–Crippen LogP) is 4.21. The molecule has 0 aliphatic heterocycles. The Balaban J connectivity index is 2.41. The van der Waals surface area contributed by atoms with Gasteiger partial charge in [-0.15, -0.1) is 0 Å². The van der Waals surface area contributed by atoms with Crippen molar-refractivity contribution < 1.29 is 4.79 Å². The van der Waals surface area contributed by atoms with E-state index in [9.17, 15) is 4.79 Å². The van der Waals surface area contributed by atoms with Crippen LogP contribution >= 0.6 is 0 Å². The Kier molecular flexibility index (Phi) is 4.36. The first-order valence-corrected chi connectivity index (χ1v) is 6.49. The molecule has 0 heterocycles. The van der Waals surface area contributed by atoms with Crippen molar-refractivity contribution >= 4 is 5.78 Å². The molecule has 1 heteroatoms. The van der Waals surface area contributed by atoms with Gasteiger partial charge in [-0.05, 0) is 31.6 Å². The van der Waals surface area contributed by atoms with Crippen LogP contribution in [0.1, 0.15) is 66.2 Å². The van der Waals surface area contributed by atoms with Crippen molar-refractivity contribution in [1.82, 2.24) is 0 Å². The van der Waals surface area contributed by atoms with E-state index in [1.54, 1.807) is 0 Å². The smallest absolute Gasteiger partial charge is 0.141 e. The van der Waals surface area contributed by atoms with E-state index in [1.807, 2.05) is 20.8 Å². The lowest BCUT2D eigenvalue weighted by molar-refractivity contribution is -0.131. The second-order valence-corrected chi connectivity index (χ2v) is 6.12. The van der Waals surface area contributed by atoms with Crippen molar-refractivity contribution in [2.45, 2.75) is 66.2 Å². The zero-order valence-electron chi connectivity index (χ0n) is 10.8. The minimum atomic E-state index is -0.137. The molecule has 1 aliphatic rings. The van der Waals surface area contributed by atoms with E-state index in [0.717, 1.165) is 18.8 Å². The number of ketones is 1. The van der Waals surface area contributed by atoms with Crippen LogP contribution in [-0.2, 0) is 4.79 Å². The molecule has 0 aromatic carbocycles. The lowest BCUT2D eigenvalue weighted by Crippen LogP contribution is -2.31. The standard InChI is InChI=1S/C14H26O/c1-5-6-11-7-9-12(10-8-11)13(15)14(2,3)4/h11-12H,5-10H2,1-4H3. The zero-order chi connectivity index (χ0) is 11.5. The van der Waals surface area contributed by atoms with Crippen LogP contribution < -0.4 is 0 Å². The maximum absolute atomic E-state index is 12.1. The first-order valence-electron chi connectivity index (χ1n) is 6.49. The Bertz CT molecular complexity index is 204. The van der Waals surface area contributed by atoms with Gasteiger partial charge in [0.25, 0.3) is 0 Å². The molecule has 1 rings (SSSR count). The van der Waals surface area contributed by atoms with Crippen LogP contribution in [0.3, 0.4) is 0 Å². The first kappa shape index (κ1) is 12.7. The van der Waals surface area contributed by atoms with Crippen LogP contribution in [0, 0.1) is 17.3 Å². The number of carbonyl (C=O) groups excluding carboxylic acids is 1. The Morgan fingerprint density at radius 3 is 2.07 bits per heavy atom. The third-order valence-electron chi connectivity index (χ3n) is 3.65. The Hall–Kier alpha value is -0.330. The largest absolute Gasteiger partial charge is 0.299 e.